The Morgan fingerprint density at radius 1 is 1.24 bits per heavy atom. The number of carbonyl (C=O) groups is 1. The highest BCUT2D eigenvalue weighted by Crippen LogP contribution is 2.30. The van der Waals surface area contributed by atoms with Gasteiger partial charge in [-0.3, -0.25) is 0 Å². The van der Waals surface area contributed by atoms with E-state index in [1.165, 1.54) is 12.1 Å². The molecule has 6 heteroatoms. The van der Waals surface area contributed by atoms with Crippen molar-refractivity contribution in [2.24, 2.45) is 0 Å². The van der Waals surface area contributed by atoms with Crippen molar-refractivity contribution in [3.8, 4) is 0 Å². The fourth-order valence-electron chi connectivity index (χ4n) is 3.57. The van der Waals surface area contributed by atoms with Crippen LogP contribution in [0.4, 0.5) is 14.9 Å². The van der Waals surface area contributed by atoms with E-state index in [9.17, 15) is 9.18 Å². The number of benzene rings is 1. The first-order chi connectivity index (χ1) is 14.0. The summed E-state index contributed by atoms with van der Waals surface area (Å²) in [6.07, 6.45) is 8.64. The number of urea groups is 1. The molecule has 0 fully saturated rings. The van der Waals surface area contributed by atoms with E-state index in [4.69, 9.17) is 0 Å². The van der Waals surface area contributed by atoms with Crippen molar-refractivity contribution in [3.63, 3.8) is 0 Å². The molecule has 0 bridgehead atoms. The first kappa shape index (κ1) is 20.3. The van der Waals surface area contributed by atoms with Gasteiger partial charge in [-0.15, -0.1) is 13.2 Å². The molecule has 3 aromatic rings. The Hall–Kier alpha value is -3.41. The number of rotatable bonds is 8. The van der Waals surface area contributed by atoms with Crippen LogP contribution in [0.2, 0.25) is 0 Å². The summed E-state index contributed by atoms with van der Waals surface area (Å²) >= 11 is 0. The van der Waals surface area contributed by atoms with Crippen molar-refractivity contribution < 1.29 is 9.18 Å². The molecule has 0 aliphatic rings. The van der Waals surface area contributed by atoms with Crippen LogP contribution in [0.5, 0.6) is 0 Å². The number of pyridine rings is 1. The second-order valence-corrected chi connectivity index (χ2v) is 7.08. The lowest BCUT2D eigenvalue weighted by Crippen LogP contribution is -2.45. The van der Waals surface area contributed by atoms with Gasteiger partial charge in [0.25, 0.3) is 0 Å². The number of nitrogens with one attached hydrogen (secondary N) is 2. The molecule has 0 spiro atoms. The fourth-order valence-corrected chi connectivity index (χ4v) is 3.57. The van der Waals surface area contributed by atoms with Gasteiger partial charge in [0.1, 0.15) is 11.5 Å². The third-order valence-corrected chi connectivity index (χ3v) is 5.02. The highest BCUT2D eigenvalue weighted by Gasteiger charge is 2.31. The van der Waals surface area contributed by atoms with Gasteiger partial charge in [-0.1, -0.05) is 12.2 Å². The summed E-state index contributed by atoms with van der Waals surface area (Å²) in [6, 6.07) is 9.79. The van der Waals surface area contributed by atoms with E-state index in [0.29, 0.717) is 30.6 Å². The summed E-state index contributed by atoms with van der Waals surface area (Å²) in [5.74, 6) is -0.337. The van der Waals surface area contributed by atoms with Crippen molar-refractivity contribution >= 4 is 22.8 Å². The van der Waals surface area contributed by atoms with Gasteiger partial charge in [0.05, 0.1) is 5.54 Å². The van der Waals surface area contributed by atoms with Crippen molar-refractivity contribution in [2.45, 2.75) is 25.3 Å². The van der Waals surface area contributed by atoms with Crippen LogP contribution in [0.25, 0.3) is 11.0 Å². The number of hydrogen-bond acceptors (Lipinski definition) is 2. The van der Waals surface area contributed by atoms with Crippen LogP contribution in [0.3, 0.4) is 0 Å². The normalized spacial score (nSPS) is 11.2. The highest BCUT2D eigenvalue weighted by atomic mass is 19.1. The van der Waals surface area contributed by atoms with E-state index in [-0.39, 0.29) is 11.8 Å². The number of aryl methyl sites for hydroxylation is 1. The van der Waals surface area contributed by atoms with Crippen molar-refractivity contribution in [1.82, 2.24) is 14.9 Å². The molecule has 2 amide bonds. The lowest BCUT2D eigenvalue weighted by molar-refractivity contribution is 0.238. The number of amides is 2. The molecular weight excluding hydrogens is 367 g/mol. The second kappa shape index (κ2) is 8.73. The van der Waals surface area contributed by atoms with Gasteiger partial charge in [-0.25, -0.2) is 14.2 Å². The van der Waals surface area contributed by atoms with Crippen LogP contribution in [-0.2, 0) is 5.54 Å². The van der Waals surface area contributed by atoms with E-state index < -0.39 is 5.54 Å². The first-order valence-electron chi connectivity index (χ1n) is 9.44. The van der Waals surface area contributed by atoms with E-state index in [2.05, 4.69) is 33.3 Å². The Bertz CT molecular complexity index is 1030. The minimum absolute atomic E-state index is 0.337. The van der Waals surface area contributed by atoms with Crippen LogP contribution in [0.1, 0.15) is 18.4 Å². The van der Waals surface area contributed by atoms with E-state index in [1.807, 2.05) is 36.5 Å². The molecule has 2 heterocycles. The maximum Gasteiger partial charge on any atom is 0.319 e. The summed E-state index contributed by atoms with van der Waals surface area (Å²) in [6.45, 7) is 9.89. The Morgan fingerprint density at radius 3 is 2.69 bits per heavy atom. The summed E-state index contributed by atoms with van der Waals surface area (Å²) in [5, 5.41) is 6.76. The zero-order chi connectivity index (χ0) is 20.9. The Morgan fingerprint density at radius 2 is 2.00 bits per heavy atom. The number of halogens is 1. The van der Waals surface area contributed by atoms with Gasteiger partial charge in [0, 0.05) is 30.0 Å². The van der Waals surface area contributed by atoms with Crippen LogP contribution >= 0.6 is 0 Å². The van der Waals surface area contributed by atoms with Crippen LogP contribution in [0.15, 0.2) is 74.1 Å². The topological polar surface area (TPSA) is 59.0 Å². The monoisotopic (exact) mass is 392 g/mol. The Kier molecular flexibility index (Phi) is 6.12. The van der Waals surface area contributed by atoms with Gasteiger partial charge < -0.3 is 15.2 Å². The summed E-state index contributed by atoms with van der Waals surface area (Å²) < 4.78 is 15.4. The van der Waals surface area contributed by atoms with Crippen molar-refractivity contribution in [2.75, 3.05) is 11.9 Å². The average Bonchev–Trinajstić information content (AvgIpc) is 3.13. The number of fused-ring (bicyclic) bond motifs is 1. The highest BCUT2D eigenvalue weighted by molar-refractivity contribution is 5.90. The van der Waals surface area contributed by atoms with E-state index in [1.54, 1.807) is 19.2 Å². The quantitative estimate of drug-likeness (QED) is 0.521. The largest absolute Gasteiger partial charge is 0.335 e. The van der Waals surface area contributed by atoms with Gasteiger partial charge >= 0.3 is 6.03 Å². The number of anilines is 1. The van der Waals surface area contributed by atoms with Gasteiger partial charge in [-0.2, -0.15) is 0 Å². The lowest BCUT2D eigenvalue weighted by Gasteiger charge is -2.34. The number of hydrogen-bond donors (Lipinski definition) is 2. The maximum atomic E-state index is 13.3. The Balaban J connectivity index is 1.84. The molecular formula is C23H25FN4O. The summed E-state index contributed by atoms with van der Waals surface area (Å²) in [4.78, 5) is 17.1. The van der Waals surface area contributed by atoms with Crippen LogP contribution in [0, 0.1) is 12.7 Å². The fraction of sp³-hybridized carbons (Fsp3) is 0.217. The maximum absolute atomic E-state index is 13.3. The molecule has 2 N–H and O–H groups in total. The molecule has 150 valence electrons. The molecule has 1 aromatic carbocycles. The van der Waals surface area contributed by atoms with Crippen LogP contribution in [-0.4, -0.2) is 22.1 Å². The van der Waals surface area contributed by atoms with Crippen molar-refractivity contribution in [3.05, 3.63) is 85.5 Å². The second-order valence-electron chi connectivity index (χ2n) is 7.08. The predicted molar refractivity (Wildman–Crippen MR) is 115 cm³/mol. The number of nitrogens with zero attached hydrogens (tertiary/aromatic N) is 2. The molecule has 0 saturated heterocycles. The zero-order valence-corrected chi connectivity index (χ0v) is 16.5. The molecule has 0 aliphatic carbocycles. The van der Waals surface area contributed by atoms with Crippen LogP contribution < -0.4 is 10.6 Å². The van der Waals surface area contributed by atoms with Gasteiger partial charge in [-0.05, 0) is 61.7 Å². The number of aromatic nitrogens is 2. The standard InChI is InChI=1S/C23H25FN4O/c1-4-11-23(12-5-2,28-14-10-18-7-6-13-25-21(18)28)16-26-22(29)27-20-9-8-19(24)15-17(20)3/h4-10,13-15H,1-2,11-12,16H2,3H3,(H2,26,27,29). The van der Waals surface area contributed by atoms with Gasteiger partial charge in [0.15, 0.2) is 0 Å². The molecule has 0 aliphatic heterocycles. The molecule has 0 radical (unpaired) electrons. The molecule has 0 atom stereocenters. The molecule has 5 nitrogen and oxygen atoms in total. The third-order valence-electron chi connectivity index (χ3n) is 5.02. The lowest BCUT2D eigenvalue weighted by atomic mass is 9.90. The molecule has 2 aromatic heterocycles. The van der Waals surface area contributed by atoms with Gasteiger partial charge in [0.2, 0.25) is 0 Å². The Labute approximate surface area is 170 Å². The summed E-state index contributed by atoms with van der Waals surface area (Å²) in [5.41, 5.74) is 1.57. The van der Waals surface area contributed by atoms with E-state index in [0.717, 1.165) is 11.0 Å². The number of carbonyl (C=O) groups excluding carboxylic acids is 1. The molecule has 0 saturated carbocycles. The zero-order valence-electron chi connectivity index (χ0n) is 16.5. The minimum Gasteiger partial charge on any atom is -0.335 e. The molecule has 3 rings (SSSR count). The molecule has 0 unspecified atom stereocenters. The number of allylic oxidation sites excluding steroid dienone is 2. The molecule has 29 heavy (non-hydrogen) atoms. The average molecular weight is 392 g/mol. The predicted octanol–water partition coefficient (Wildman–Crippen LogP) is 5.15. The summed E-state index contributed by atoms with van der Waals surface area (Å²) in [7, 11) is 0. The SMILES string of the molecule is C=CCC(CC=C)(CNC(=O)Nc1ccc(F)cc1C)n1ccc2cccnc21. The smallest absolute Gasteiger partial charge is 0.319 e. The minimum atomic E-state index is -0.491. The first-order valence-corrected chi connectivity index (χ1v) is 9.44. The van der Waals surface area contributed by atoms with E-state index >= 15 is 0 Å². The van der Waals surface area contributed by atoms with Crippen molar-refractivity contribution in [1.29, 1.82) is 0 Å². The third kappa shape index (κ3) is 4.37.